The van der Waals surface area contributed by atoms with Crippen molar-refractivity contribution in [2.75, 3.05) is 40.4 Å². The van der Waals surface area contributed by atoms with Gasteiger partial charge in [0, 0.05) is 49.0 Å². The number of nitrogens with zero attached hydrogens (tertiary/aromatic N) is 2. The Labute approximate surface area is 168 Å². The van der Waals surface area contributed by atoms with Gasteiger partial charge in [-0.3, -0.25) is 9.59 Å². The zero-order valence-electron chi connectivity index (χ0n) is 16.1. The first-order valence-corrected chi connectivity index (χ1v) is 10.3. The summed E-state index contributed by atoms with van der Waals surface area (Å²) in [6.07, 6.45) is 0.946. The van der Waals surface area contributed by atoms with Crippen LogP contribution in [0.1, 0.15) is 27.6 Å². The van der Waals surface area contributed by atoms with Crippen LogP contribution in [0.2, 0.25) is 0 Å². The van der Waals surface area contributed by atoms with Gasteiger partial charge in [0.1, 0.15) is 11.5 Å². The second-order valence-electron chi connectivity index (χ2n) is 7.15. The second kappa shape index (κ2) is 7.83. The van der Waals surface area contributed by atoms with E-state index in [9.17, 15) is 9.59 Å². The first-order chi connectivity index (χ1) is 13.6. The molecule has 0 N–H and O–H groups in total. The SMILES string of the molecule is COc1ccc(C(=O)N2CCN(C(=O)C3CC3c3cccs3)CC2)c(OC)c1. The van der Waals surface area contributed by atoms with Gasteiger partial charge in [-0.05, 0) is 30.0 Å². The summed E-state index contributed by atoms with van der Waals surface area (Å²) in [5.41, 5.74) is 0.517. The van der Waals surface area contributed by atoms with Crippen molar-refractivity contribution in [1.29, 1.82) is 0 Å². The van der Waals surface area contributed by atoms with E-state index in [0.29, 0.717) is 49.2 Å². The molecule has 0 radical (unpaired) electrons. The quantitative estimate of drug-likeness (QED) is 0.774. The molecule has 1 aliphatic heterocycles. The predicted octanol–water partition coefficient (Wildman–Crippen LogP) is 2.85. The van der Waals surface area contributed by atoms with Gasteiger partial charge in [-0.25, -0.2) is 0 Å². The van der Waals surface area contributed by atoms with Gasteiger partial charge < -0.3 is 19.3 Å². The number of thiophene rings is 1. The fourth-order valence-electron chi connectivity index (χ4n) is 3.79. The molecule has 1 aliphatic carbocycles. The third kappa shape index (κ3) is 3.58. The monoisotopic (exact) mass is 400 g/mol. The molecule has 2 heterocycles. The van der Waals surface area contributed by atoms with Gasteiger partial charge >= 0.3 is 0 Å². The van der Waals surface area contributed by atoms with Crippen molar-refractivity contribution in [3.8, 4) is 11.5 Å². The van der Waals surface area contributed by atoms with Crippen LogP contribution in [0.15, 0.2) is 35.7 Å². The lowest BCUT2D eigenvalue weighted by molar-refractivity contribution is -0.134. The molecule has 2 atom stereocenters. The Bertz CT molecular complexity index is 859. The van der Waals surface area contributed by atoms with Crippen LogP contribution < -0.4 is 9.47 Å². The van der Waals surface area contributed by atoms with Crippen molar-refractivity contribution in [3.63, 3.8) is 0 Å². The molecule has 4 rings (SSSR count). The molecule has 1 saturated carbocycles. The van der Waals surface area contributed by atoms with Gasteiger partial charge in [-0.1, -0.05) is 6.07 Å². The zero-order valence-corrected chi connectivity index (χ0v) is 16.9. The molecule has 2 fully saturated rings. The minimum Gasteiger partial charge on any atom is -0.497 e. The molecule has 2 aromatic rings. The largest absolute Gasteiger partial charge is 0.497 e. The van der Waals surface area contributed by atoms with E-state index in [2.05, 4.69) is 11.4 Å². The minimum absolute atomic E-state index is 0.0745. The number of carbonyl (C=O) groups excluding carboxylic acids is 2. The zero-order chi connectivity index (χ0) is 19.7. The average Bonchev–Trinajstić information content (AvgIpc) is 3.36. The number of rotatable bonds is 5. The van der Waals surface area contributed by atoms with Crippen LogP contribution in [-0.2, 0) is 4.79 Å². The third-order valence-corrected chi connectivity index (χ3v) is 6.54. The number of benzene rings is 1. The number of amides is 2. The molecule has 1 saturated heterocycles. The summed E-state index contributed by atoms with van der Waals surface area (Å²) in [6, 6.07) is 9.35. The molecule has 148 valence electrons. The van der Waals surface area contributed by atoms with E-state index in [1.54, 1.807) is 48.7 Å². The number of methoxy groups -OCH3 is 2. The van der Waals surface area contributed by atoms with Crippen LogP contribution >= 0.6 is 11.3 Å². The number of carbonyl (C=O) groups is 2. The van der Waals surface area contributed by atoms with E-state index >= 15 is 0 Å². The summed E-state index contributed by atoms with van der Waals surface area (Å²) in [6.45, 7) is 2.24. The van der Waals surface area contributed by atoms with Gasteiger partial charge in [0.2, 0.25) is 5.91 Å². The van der Waals surface area contributed by atoms with E-state index in [1.165, 1.54) is 4.88 Å². The number of hydrogen-bond donors (Lipinski definition) is 0. The Morgan fingerprint density at radius 2 is 1.79 bits per heavy atom. The summed E-state index contributed by atoms with van der Waals surface area (Å²) < 4.78 is 10.5. The molecule has 7 heteroatoms. The van der Waals surface area contributed by atoms with Gasteiger partial charge in [0.15, 0.2) is 0 Å². The van der Waals surface area contributed by atoms with Crippen LogP contribution in [0, 0.1) is 5.92 Å². The number of piperazine rings is 1. The smallest absolute Gasteiger partial charge is 0.257 e. The molecule has 1 aromatic carbocycles. The summed E-state index contributed by atoms with van der Waals surface area (Å²) in [7, 11) is 3.12. The molecule has 2 aliphatic rings. The van der Waals surface area contributed by atoms with Gasteiger partial charge in [-0.15, -0.1) is 11.3 Å². The highest BCUT2D eigenvalue weighted by molar-refractivity contribution is 7.10. The lowest BCUT2D eigenvalue weighted by atomic mass is 10.1. The first-order valence-electron chi connectivity index (χ1n) is 9.46. The molecule has 2 amide bonds. The van der Waals surface area contributed by atoms with Crippen molar-refractivity contribution in [1.82, 2.24) is 9.80 Å². The summed E-state index contributed by atoms with van der Waals surface area (Å²) in [5, 5.41) is 2.06. The molecular weight excluding hydrogens is 376 g/mol. The highest BCUT2D eigenvalue weighted by Crippen LogP contribution is 2.50. The molecule has 0 bridgehead atoms. The third-order valence-electron chi connectivity index (χ3n) is 5.53. The number of ether oxygens (including phenoxy) is 2. The van der Waals surface area contributed by atoms with Gasteiger partial charge in [-0.2, -0.15) is 0 Å². The second-order valence-corrected chi connectivity index (χ2v) is 8.13. The van der Waals surface area contributed by atoms with Crippen LogP contribution in [0.5, 0.6) is 11.5 Å². The fourth-order valence-corrected chi connectivity index (χ4v) is 4.70. The van der Waals surface area contributed by atoms with Gasteiger partial charge in [0.25, 0.3) is 5.91 Å². The van der Waals surface area contributed by atoms with Crippen molar-refractivity contribution in [2.24, 2.45) is 5.92 Å². The molecule has 6 nitrogen and oxygen atoms in total. The van der Waals surface area contributed by atoms with Crippen LogP contribution in [0.4, 0.5) is 0 Å². The van der Waals surface area contributed by atoms with Crippen LogP contribution in [-0.4, -0.2) is 62.0 Å². The molecule has 28 heavy (non-hydrogen) atoms. The maximum absolute atomic E-state index is 12.9. The Hall–Kier alpha value is -2.54. The minimum atomic E-state index is -0.0745. The van der Waals surface area contributed by atoms with Gasteiger partial charge in [0.05, 0.1) is 19.8 Å². The molecule has 0 spiro atoms. The predicted molar refractivity (Wildman–Crippen MR) is 107 cm³/mol. The average molecular weight is 401 g/mol. The lowest BCUT2D eigenvalue weighted by Crippen LogP contribution is -2.51. The standard InChI is InChI=1S/C21H24N2O4S/c1-26-14-5-6-15(18(12-14)27-2)20(24)22-7-9-23(10-8-22)21(25)17-13-16(17)19-4-3-11-28-19/h3-6,11-12,16-17H,7-10,13H2,1-2H3. The lowest BCUT2D eigenvalue weighted by Gasteiger charge is -2.35. The summed E-state index contributed by atoms with van der Waals surface area (Å²) >= 11 is 1.72. The summed E-state index contributed by atoms with van der Waals surface area (Å²) in [5.74, 6) is 1.80. The van der Waals surface area contributed by atoms with E-state index in [4.69, 9.17) is 9.47 Å². The highest BCUT2D eigenvalue weighted by Gasteiger charge is 2.46. The fraction of sp³-hybridized carbons (Fsp3) is 0.429. The van der Waals surface area contributed by atoms with E-state index in [0.717, 1.165) is 6.42 Å². The van der Waals surface area contributed by atoms with Crippen molar-refractivity contribution in [3.05, 3.63) is 46.2 Å². The van der Waals surface area contributed by atoms with Crippen molar-refractivity contribution >= 4 is 23.2 Å². The Morgan fingerprint density at radius 1 is 1.04 bits per heavy atom. The van der Waals surface area contributed by atoms with E-state index in [-0.39, 0.29) is 17.7 Å². The highest BCUT2D eigenvalue weighted by atomic mass is 32.1. The van der Waals surface area contributed by atoms with E-state index < -0.39 is 0 Å². The van der Waals surface area contributed by atoms with Crippen molar-refractivity contribution < 1.29 is 19.1 Å². The maximum Gasteiger partial charge on any atom is 0.257 e. The van der Waals surface area contributed by atoms with Crippen LogP contribution in [0.3, 0.4) is 0 Å². The number of hydrogen-bond acceptors (Lipinski definition) is 5. The Morgan fingerprint density at radius 3 is 2.43 bits per heavy atom. The summed E-state index contributed by atoms with van der Waals surface area (Å²) in [4.78, 5) is 30.7. The maximum atomic E-state index is 12.9. The van der Waals surface area contributed by atoms with E-state index in [1.807, 2.05) is 11.0 Å². The Balaban J connectivity index is 1.35. The normalized spacial score (nSPS) is 21.4. The first kappa shape index (κ1) is 18.8. The molecule has 1 aromatic heterocycles. The topological polar surface area (TPSA) is 59.1 Å². The van der Waals surface area contributed by atoms with Crippen molar-refractivity contribution in [2.45, 2.75) is 12.3 Å². The Kier molecular flexibility index (Phi) is 5.26. The van der Waals surface area contributed by atoms with Crippen LogP contribution in [0.25, 0.3) is 0 Å². The molecule has 2 unspecified atom stereocenters. The molecular formula is C21H24N2O4S.